The number of methoxy groups -OCH3 is 1. The summed E-state index contributed by atoms with van der Waals surface area (Å²) in [5, 5.41) is 11.6. The quantitative estimate of drug-likeness (QED) is 0.574. The molecule has 5 rings (SSSR count). The van der Waals surface area contributed by atoms with Gasteiger partial charge in [0, 0.05) is 62.2 Å². The van der Waals surface area contributed by atoms with Crippen molar-refractivity contribution in [3.8, 4) is 5.75 Å². The lowest BCUT2D eigenvalue weighted by Gasteiger charge is -2.52. The Labute approximate surface area is 191 Å². The van der Waals surface area contributed by atoms with Gasteiger partial charge in [-0.2, -0.15) is 0 Å². The van der Waals surface area contributed by atoms with E-state index < -0.39 is 6.10 Å². The molecule has 2 aliphatic carbocycles. The fraction of sp³-hybridized carbons (Fsp3) is 0.654. The average Bonchev–Trinajstić information content (AvgIpc) is 3.11. The van der Waals surface area contributed by atoms with Crippen molar-refractivity contribution in [1.82, 2.24) is 4.90 Å². The lowest BCUT2D eigenvalue weighted by atomic mass is 9.55. The van der Waals surface area contributed by atoms with Crippen LogP contribution in [0.5, 0.6) is 5.75 Å². The number of benzene rings is 1. The summed E-state index contributed by atoms with van der Waals surface area (Å²) in [7, 11) is 1.69. The van der Waals surface area contributed by atoms with Crippen LogP contribution in [0.15, 0.2) is 35.9 Å². The number of carbonyl (C=O) groups is 1. The van der Waals surface area contributed by atoms with Crippen LogP contribution >= 0.6 is 0 Å². The van der Waals surface area contributed by atoms with Crippen LogP contribution in [0.1, 0.15) is 33.1 Å². The molecule has 0 radical (unpaired) electrons. The zero-order valence-electron chi connectivity index (χ0n) is 19.5. The summed E-state index contributed by atoms with van der Waals surface area (Å²) in [6.07, 6.45) is 4.53. The lowest BCUT2D eigenvalue weighted by Crippen LogP contribution is -2.55. The van der Waals surface area contributed by atoms with E-state index in [1.165, 1.54) is 11.3 Å². The Bertz CT molecular complexity index is 894. The van der Waals surface area contributed by atoms with Gasteiger partial charge in [0.1, 0.15) is 11.9 Å². The Morgan fingerprint density at radius 3 is 2.78 bits per heavy atom. The minimum atomic E-state index is -0.530. The number of esters is 1. The minimum absolute atomic E-state index is 0.110. The summed E-state index contributed by atoms with van der Waals surface area (Å²) in [6.45, 7) is 8.74. The first-order chi connectivity index (χ1) is 15.4. The summed E-state index contributed by atoms with van der Waals surface area (Å²) in [5.41, 5.74) is 2.23. The van der Waals surface area contributed by atoms with Gasteiger partial charge < -0.3 is 19.5 Å². The van der Waals surface area contributed by atoms with Gasteiger partial charge in [-0.05, 0) is 30.9 Å². The van der Waals surface area contributed by atoms with Gasteiger partial charge >= 0.3 is 5.97 Å². The van der Waals surface area contributed by atoms with Crippen molar-refractivity contribution < 1.29 is 19.4 Å². The van der Waals surface area contributed by atoms with Crippen molar-refractivity contribution in [2.45, 2.75) is 45.3 Å². The molecule has 0 unspecified atom stereocenters. The number of fused-ring (bicyclic) bond motifs is 2. The van der Waals surface area contributed by atoms with Crippen molar-refractivity contribution >= 4 is 11.7 Å². The number of ether oxygens (including phenoxy) is 2. The molecule has 1 aromatic rings. The Balaban J connectivity index is 1.26. The zero-order valence-corrected chi connectivity index (χ0v) is 19.5. The molecular weight excluding hydrogens is 404 g/mol. The molecule has 1 saturated carbocycles. The SMILES string of the molecule is COc1cccc(N2CCN(C[C@H]3C(=O)O[C@@H]4CC5=CCC[C@H](C)[C@@]5(C)[C@@H](O)[C@@H]43)CC2)c1. The van der Waals surface area contributed by atoms with Crippen molar-refractivity contribution in [2.24, 2.45) is 23.2 Å². The standard InChI is InChI=1S/C26H36N2O4/c1-17-6-4-7-18-14-22-23(24(29)26(17,18)2)21(25(30)32-22)16-27-10-12-28(13-11-27)19-8-5-9-20(15-19)31-3/h5,7-9,15,17,21-24,29H,4,6,10-14,16H2,1-3H3/t17-,21+,22+,23+,24-,26+/m0/s1. The number of aliphatic hydroxyl groups excluding tert-OH is 1. The van der Waals surface area contributed by atoms with Crippen molar-refractivity contribution in [3.05, 3.63) is 35.9 Å². The van der Waals surface area contributed by atoms with Crippen molar-refractivity contribution in [1.29, 1.82) is 0 Å². The molecule has 6 heteroatoms. The fourth-order valence-corrected chi connectivity index (χ4v) is 6.55. The summed E-state index contributed by atoms with van der Waals surface area (Å²) < 4.78 is 11.2. The van der Waals surface area contributed by atoms with Gasteiger partial charge in [0.15, 0.2) is 0 Å². The Morgan fingerprint density at radius 2 is 2.03 bits per heavy atom. The summed E-state index contributed by atoms with van der Waals surface area (Å²) in [4.78, 5) is 17.6. The van der Waals surface area contributed by atoms with Gasteiger partial charge in [-0.25, -0.2) is 0 Å². The van der Waals surface area contributed by atoms with Gasteiger partial charge in [-0.1, -0.05) is 31.6 Å². The van der Waals surface area contributed by atoms with Crippen molar-refractivity contribution in [3.63, 3.8) is 0 Å². The van der Waals surface area contributed by atoms with E-state index in [0.717, 1.165) is 51.2 Å². The van der Waals surface area contributed by atoms with Crippen LogP contribution in [0.4, 0.5) is 5.69 Å². The molecule has 6 nitrogen and oxygen atoms in total. The largest absolute Gasteiger partial charge is 0.497 e. The molecule has 32 heavy (non-hydrogen) atoms. The number of hydrogen-bond acceptors (Lipinski definition) is 6. The summed E-state index contributed by atoms with van der Waals surface area (Å²) in [5.74, 6) is 0.813. The number of rotatable bonds is 4. The summed E-state index contributed by atoms with van der Waals surface area (Å²) in [6, 6.07) is 8.18. The van der Waals surface area contributed by atoms with Crippen LogP contribution in [-0.4, -0.2) is 68.0 Å². The van der Waals surface area contributed by atoms with Gasteiger partial charge in [0.05, 0.1) is 19.1 Å². The predicted octanol–water partition coefficient (Wildman–Crippen LogP) is 3.10. The third-order valence-electron chi connectivity index (χ3n) is 8.82. The number of allylic oxidation sites excluding steroid dienone is 1. The molecule has 6 atom stereocenters. The molecule has 1 N–H and O–H groups in total. The molecule has 2 aliphatic heterocycles. The molecule has 1 aromatic carbocycles. The smallest absolute Gasteiger partial charge is 0.311 e. The third-order valence-corrected chi connectivity index (χ3v) is 8.82. The summed E-state index contributed by atoms with van der Waals surface area (Å²) >= 11 is 0. The first-order valence-corrected chi connectivity index (χ1v) is 12.1. The van der Waals surface area contributed by atoms with E-state index in [-0.39, 0.29) is 29.3 Å². The molecule has 4 aliphatic rings. The maximum Gasteiger partial charge on any atom is 0.311 e. The van der Waals surface area contributed by atoms with Gasteiger partial charge in [0.25, 0.3) is 0 Å². The van der Waals surface area contributed by atoms with Gasteiger partial charge in [-0.15, -0.1) is 0 Å². The Hall–Kier alpha value is -2.05. The topological polar surface area (TPSA) is 62.2 Å². The average molecular weight is 441 g/mol. The molecule has 0 spiro atoms. The number of anilines is 1. The van der Waals surface area contributed by atoms with E-state index in [1.54, 1.807) is 7.11 Å². The van der Waals surface area contributed by atoms with Gasteiger partial charge in [0.2, 0.25) is 0 Å². The van der Waals surface area contributed by atoms with E-state index in [4.69, 9.17) is 9.47 Å². The molecule has 0 aromatic heterocycles. The highest BCUT2D eigenvalue weighted by molar-refractivity contribution is 5.76. The fourth-order valence-electron chi connectivity index (χ4n) is 6.55. The molecule has 2 saturated heterocycles. The number of nitrogens with zero attached hydrogens (tertiary/aromatic N) is 2. The molecule has 3 fully saturated rings. The number of carbonyl (C=O) groups excluding carboxylic acids is 1. The molecule has 0 amide bonds. The molecular formula is C26H36N2O4. The third kappa shape index (κ3) is 3.52. The highest BCUT2D eigenvalue weighted by atomic mass is 16.6. The van der Waals surface area contributed by atoms with E-state index >= 15 is 0 Å². The van der Waals surface area contributed by atoms with Crippen LogP contribution in [0.3, 0.4) is 0 Å². The number of piperazine rings is 1. The highest BCUT2D eigenvalue weighted by Crippen LogP contribution is 2.56. The second kappa shape index (κ2) is 8.38. The zero-order chi connectivity index (χ0) is 22.5. The van der Waals surface area contributed by atoms with E-state index in [1.807, 2.05) is 12.1 Å². The first-order valence-electron chi connectivity index (χ1n) is 12.1. The van der Waals surface area contributed by atoms with Crippen LogP contribution in [0.2, 0.25) is 0 Å². The minimum Gasteiger partial charge on any atom is -0.497 e. The van der Waals surface area contributed by atoms with E-state index in [0.29, 0.717) is 12.5 Å². The van der Waals surface area contributed by atoms with Crippen LogP contribution in [-0.2, 0) is 9.53 Å². The maximum absolute atomic E-state index is 12.9. The predicted molar refractivity (Wildman–Crippen MR) is 124 cm³/mol. The Morgan fingerprint density at radius 1 is 1.25 bits per heavy atom. The second-order valence-corrected chi connectivity index (χ2v) is 10.3. The van der Waals surface area contributed by atoms with Gasteiger partial charge in [-0.3, -0.25) is 9.69 Å². The highest BCUT2D eigenvalue weighted by Gasteiger charge is 2.59. The van der Waals surface area contributed by atoms with Crippen LogP contribution in [0, 0.1) is 23.2 Å². The van der Waals surface area contributed by atoms with Crippen LogP contribution < -0.4 is 9.64 Å². The molecule has 0 bridgehead atoms. The maximum atomic E-state index is 12.9. The molecule has 2 heterocycles. The van der Waals surface area contributed by atoms with E-state index in [2.05, 4.69) is 41.9 Å². The second-order valence-electron chi connectivity index (χ2n) is 10.3. The molecule has 174 valence electrons. The van der Waals surface area contributed by atoms with Crippen LogP contribution in [0.25, 0.3) is 0 Å². The first kappa shape index (κ1) is 21.8. The van der Waals surface area contributed by atoms with E-state index in [9.17, 15) is 9.90 Å². The normalized spacial score (nSPS) is 37.4. The number of aliphatic hydroxyl groups is 1. The Kier molecular flexibility index (Phi) is 5.70. The lowest BCUT2D eigenvalue weighted by molar-refractivity contribution is -0.145. The monoisotopic (exact) mass is 440 g/mol. The number of hydrogen-bond donors (Lipinski definition) is 1. The van der Waals surface area contributed by atoms with Crippen molar-refractivity contribution in [2.75, 3.05) is 44.7 Å².